The molecule has 0 bridgehead atoms. The zero-order valence-corrected chi connectivity index (χ0v) is 13.0. The van der Waals surface area contributed by atoms with Gasteiger partial charge in [0.2, 0.25) is 0 Å². The van der Waals surface area contributed by atoms with Crippen LogP contribution in [0.1, 0.15) is 35.6 Å². The first-order valence-corrected chi connectivity index (χ1v) is 7.37. The summed E-state index contributed by atoms with van der Waals surface area (Å²) in [5.41, 5.74) is 2.49. The summed E-state index contributed by atoms with van der Waals surface area (Å²) in [5, 5.41) is 7.83. The number of nitrogens with one attached hydrogen (secondary N) is 1. The number of fused-ring (bicyclic) bond motifs is 1. The molecule has 2 atom stereocenters. The molecule has 3 heterocycles. The van der Waals surface area contributed by atoms with Crippen molar-refractivity contribution in [1.29, 1.82) is 0 Å². The molecule has 1 aromatic heterocycles. The van der Waals surface area contributed by atoms with E-state index in [2.05, 4.69) is 29.2 Å². The number of carbonyl (C=O) groups excluding carboxylic acids is 1. The highest BCUT2D eigenvalue weighted by Gasteiger charge is 2.51. The van der Waals surface area contributed by atoms with Gasteiger partial charge in [-0.1, -0.05) is 0 Å². The van der Waals surface area contributed by atoms with Gasteiger partial charge in [-0.25, -0.2) is 0 Å². The lowest BCUT2D eigenvalue weighted by molar-refractivity contribution is 0.0601. The van der Waals surface area contributed by atoms with Gasteiger partial charge < -0.3 is 10.2 Å². The number of hydrogen-bond acceptors (Lipinski definition) is 3. The maximum atomic E-state index is 13.0. The van der Waals surface area contributed by atoms with Crippen molar-refractivity contribution in [3.8, 4) is 0 Å². The highest BCUT2D eigenvalue weighted by molar-refractivity contribution is 5.97. The Labute approximate surface area is 120 Å². The SMILES string of the molecule is Cc1nn(C)c(C)c1C(=O)N1CC2CNCC2C1(C)C. The quantitative estimate of drug-likeness (QED) is 0.836. The van der Waals surface area contributed by atoms with Gasteiger partial charge in [-0.05, 0) is 39.5 Å². The van der Waals surface area contributed by atoms with Crippen molar-refractivity contribution in [2.24, 2.45) is 18.9 Å². The molecule has 3 rings (SSSR count). The van der Waals surface area contributed by atoms with Crippen molar-refractivity contribution in [3.63, 3.8) is 0 Å². The van der Waals surface area contributed by atoms with E-state index >= 15 is 0 Å². The van der Waals surface area contributed by atoms with E-state index in [1.54, 1.807) is 4.68 Å². The number of carbonyl (C=O) groups is 1. The Balaban J connectivity index is 1.95. The smallest absolute Gasteiger partial charge is 0.258 e. The molecule has 0 aliphatic carbocycles. The number of rotatable bonds is 1. The molecule has 110 valence electrons. The van der Waals surface area contributed by atoms with E-state index in [1.807, 2.05) is 20.9 Å². The van der Waals surface area contributed by atoms with Crippen LogP contribution in [0, 0.1) is 25.7 Å². The fraction of sp³-hybridized carbons (Fsp3) is 0.733. The molecule has 0 radical (unpaired) electrons. The van der Waals surface area contributed by atoms with Crippen LogP contribution < -0.4 is 5.32 Å². The molecular weight excluding hydrogens is 252 g/mol. The summed E-state index contributed by atoms with van der Waals surface area (Å²) in [6, 6.07) is 0. The number of aromatic nitrogens is 2. The summed E-state index contributed by atoms with van der Waals surface area (Å²) in [6.45, 7) is 11.2. The monoisotopic (exact) mass is 276 g/mol. The summed E-state index contributed by atoms with van der Waals surface area (Å²) >= 11 is 0. The van der Waals surface area contributed by atoms with Crippen LogP contribution in [0.25, 0.3) is 0 Å². The van der Waals surface area contributed by atoms with Crippen LogP contribution in [0.15, 0.2) is 0 Å². The Morgan fingerprint density at radius 2 is 2.05 bits per heavy atom. The Morgan fingerprint density at radius 3 is 2.60 bits per heavy atom. The first-order chi connectivity index (χ1) is 9.34. The molecule has 2 unspecified atom stereocenters. The first-order valence-electron chi connectivity index (χ1n) is 7.37. The molecule has 20 heavy (non-hydrogen) atoms. The molecule has 5 nitrogen and oxygen atoms in total. The van der Waals surface area contributed by atoms with Crippen LogP contribution >= 0.6 is 0 Å². The van der Waals surface area contributed by atoms with Gasteiger partial charge in [-0.3, -0.25) is 9.48 Å². The second-order valence-corrected chi connectivity index (χ2v) is 6.76. The molecule has 2 fully saturated rings. The number of amides is 1. The number of aryl methyl sites for hydroxylation is 2. The predicted octanol–water partition coefficient (Wildman–Crippen LogP) is 1.11. The minimum absolute atomic E-state index is 0.0834. The lowest BCUT2D eigenvalue weighted by Crippen LogP contribution is -2.47. The molecule has 2 saturated heterocycles. The van der Waals surface area contributed by atoms with Gasteiger partial charge >= 0.3 is 0 Å². The highest BCUT2D eigenvalue weighted by atomic mass is 16.2. The van der Waals surface area contributed by atoms with Crippen LogP contribution in [0.4, 0.5) is 0 Å². The minimum Gasteiger partial charge on any atom is -0.333 e. The van der Waals surface area contributed by atoms with E-state index in [4.69, 9.17) is 0 Å². The maximum Gasteiger partial charge on any atom is 0.258 e. The molecule has 5 heteroatoms. The van der Waals surface area contributed by atoms with Gasteiger partial charge in [0, 0.05) is 37.9 Å². The summed E-state index contributed by atoms with van der Waals surface area (Å²) < 4.78 is 1.80. The molecule has 0 spiro atoms. The molecule has 1 amide bonds. The lowest BCUT2D eigenvalue weighted by atomic mass is 9.84. The molecule has 1 aromatic rings. The van der Waals surface area contributed by atoms with Crippen LogP contribution in [0.3, 0.4) is 0 Å². The maximum absolute atomic E-state index is 13.0. The third-order valence-electron chi connectivity index (χ3n) is 5.33. The standard InChI is InChI=1S/C15H24N4O/c1-9-13(10(2)18(5)17-9)14(20)19-8-11-6-16-7-12(11)15(19,3)4/h11-12,16H,6-8H2,1-5H3. The van der Waals surface area contributed by atoms with Gasteiger partial charge in [-0.2, -0.15) is 5.10 Å². The van der Waals surface area contributed by atoms with Crippen molar-refractivity contribution in [3.05, 3.63) is 17.0 Å². The number of nitrogens with zero attached hydrogens (tertiary/aromatic N) is 3. The first kappa shape index (κ1) is 13.6. The average molecular weight is 276 g/mol. The van der Waals surface area contributed by atoms with Crippen molar-refractivity contribution < 1.29 is 4.79 Å². The van der Waals surface area contributed by atoms with E-state index in [1.165, 1.54) is 0 Å². The normalized spacial score (nSPS) is 27.9. The largest absolute Gasteiger partial charge is 0.333 e. The van der Waals surface area contributed by atoms with Gasteiger partial charge in [0.15, 0.2) is 0 Å². The minimum atomic E-state index is -0.0834. The zero-order valence-electron chi connectivity index (χ0n) is 13.0. The van der Waals surface area contributed by atoms with E-state index in [9.17, 15) is 4.79 Å². The number of hydrogen-bond donors (Lipinski definition) is 1. The zero-order chi connectivity index (χ0) is 14.7. The van der Waals surface area contributed by atoms with Crippen LogP contribution in [0.2, 0.25) is 0 Å². The summed E-state index contributed by atoms with van der Waals surface area (Å²) in [7, 11) is 1.90. The lowest BCUT2D eigenvalue weighted by Gasteiger charge is -2.35. The van der Waals surface area contributed by atoms with E-state index in [0.29, 0.717) is 11.8 Å². The van der Waals surface area contributed by atoms with Crippen molar-refractivity contribution >= 4 is 5.91 Å². The van der Waals surface area contributed by atoms with E-state index in [-0.39, 0.29) is 11.4 Å². The van der Waals surface area contributed by atoms with Crippen LogP contribution in [0.5, 0.6) is 0 Å². The molecule has 1 N–H and O–H groups in total. The summed E-state index contributed by atoms with van der Waals surface area (Å²) in [4.78, 5) is 15.1. The molecule has 2 aliphatic rings. The number of likely N-dealkylation sites (tertiary alicyclic amines) is 1. The fourth-order valence-electron chi connectivity index (χ4n) is 3.98. The Morgan fingerprint density at radius 1 is 1.35 bits per heavy atom. The van der Waals surface area contributed by atoms with Crippen molar-refractivity contribution in [2.75, 3.05) is 19.6 Å². The Bertz CT molecular complexity index is 560. The van der Waals surface area contributed by atoms with Crippen molar-refractivity contribution in [1.82, 2.24) is 20.0 Å². The van der Waals surface area contributed by atoms with E-state index in [0.717, 1.165) is 36.6 Å². The third kappa shape index (κ3) is 1.72. The Hall–Kier alpha value is -1.36. The summed E-state index contributed by atoms with van der Waals surface area (Å²) in [6.07, 6.45) is 0. The second-order valence-electron chi connectivity index (χ2n) is 6.76. The van der Waals surface area contributed by atoms with Crippen LogP contribution in [-0.2, 0) is 7.05 Å². The van der Waals surface area contributed by atoms with Crippen LogP contribution in [-0.4, -0.2) is 45.8 Å². The fourth-order valence-corrected chi connectivity index (χ4v) is 3.98. The molecule has 2 aliphatic heterocycles. The topological polar surface area (TPSA) is 50.2 Å². The molecular formula is C15H24N4O. The summed E-state index contributed by atoms with van der Waals surface area (Å²) in [5.74, 6) is 1.29. The van der Waals surface area contributed by atoms with Gasteiger partial charge in [0.05, 0.1) is 11.3 Å². The van der Waals surface area contributed by atoms with Gasteiger partial charge in [-0.15, -0.1) is 0 Å². The highest BCUT2D eigenvalue weighted by Crippen LogP contribution is 2.41. The van der Waals surface area contributed by atoms with E-state index < -0.39 is 0 Å². The average Bonchev–Trinajstić information content (AvgIpc) is 2.97. The van der Waals surface area contributed by atoms with Crippen molar-refractivity contribution in [2.45, 2.75) is 33.2 Å². The molecule has 0 saturated carbocycles. The third-order valence-corrected chi connectivity index (χ3v) is 5.33. The van der Waals surface area contributed by atoms with Gasteiger partial charge in [0.1, 0.15) is 0 Å². The second kappa shape index (κ2) is 4.32. The predicted molar refractivity (Wildman–Crippen MR) is 77.6 cm³/mol. The molecule has 0 aromatic carbocycles. The van der Waals surface area contributed by atoms with Gasteiger partial charge in [0.25, 0.3) is 5.91 Å². The Kier molecular flexibility index (Phi) is 2.94.